The van der Waals surface area contributed by atoms with Gasteiger partial charge in [-0.1, -0.05) is 62.4 Å². The highest BCUT2D eigenvalue weighted by Crippen LogP contribution is 2.34. The van der Waals surface area contributed by atoms with Crippen LogP contribution < -0.4 is 16.4 Å². The molecule has 2 heterocycles. The van der Waals surface area contributed by atoms with E-state index < -0.39 is 35.5 Å². The number of hydrogen-bond donors (Lipinski definition) is 4. The SMILES string of the molecule is CC(C)(C)C1[C@@H](NC(=O)c2nc(-c3ccccc3)sc2NC(N)=O)CCCCN1C(=O)O. The number of anilines is 1. The molecule has 0 radical (unpaired) electrons. The van der Waals surface area contributed by atoms with Crippen molar-refractivity contribution in [2.75, 3.05) is 11.9 Å². The minimum Gasteiger partial charge on any atom is -0.465 e. The summed E-state index contributed by atoms with van der Waals surface area (Å²) in [5.41, 5.74) is 5.78. The standard InChI is InChI=1S/C22H29N5O4S/c1-22(2,3)16-14(11-7-8-12-27(16)21(30)31)24-17(28)15-19(26-20(23)29)32-18(25-15)13-9-5-4-6-10-13/h4-6,9-10,14,16H,7-8,11-12H2,1-3H3,(H,24,28)(H,30,31)(H3,23,26,29)/t14-,16?/m0/s1. The molecule has 2 atom stereocenters. The Morgan fingerprint density at radius 2 is 1.88 bits per heavy atom. The monoisotopic (exact) mass is 459 g/mol. The van der Waals surface area contributed by atoms with E-state index in [2.05, 4.69) is 15.6 Å². The Bertz CT molecular complexity index is 986. The Kier molecular flexibility index (Phi) is 7.02. The number of carbonyl (C=O) groups is 3. The molecule has 3 rings (SSSR count). The van der Waals surface area contributed by atoms with Crippen molar-refractivity contribution in [1.29, 1.82) is 0 Å². The summed E-state index contributed by atoms with van der Waals surface area (Å²) in [5, 5.41) is 16.1. The highest BCUT2D eigenvalue weighted by atomic mass is 32.1. The first-order valence-corrected chi connectivity index (χ1v) is 11.3. The number of carboxylic acid groups (broad SMARTS) is 1. The van der Waals surface area contributed by atoms with Crippen LogP contribution in [0.3, 0.4) is 0 Å². The average molecular weight is 460 g/mol. The summed E-state index contributed by atoms with van der Waals surface area (Å²) in [6.07, 6.45) is 1.17. The predicted molar refractivity (Wildman–Crippen MR) is 124 cm³/mol. The van der Waals surface area contributed by atoms with Crippen molar-refractivity contribution >= 4 is 34.4 Å². The van der Waals surface area contributed by atoms with Crippen molar-refractivity contribution in [3.05, 3.63) is 36.0 Å². The number of carbonyl (C=O) groups excluding carboxylic acids is 2. The third-order valence-corrected chi connectivity index (χ3v) is 6.45. The van der Waals surface area contributed by atoms with Crippen LogP contribution >= 0.6 is 11.3 Å². The lowest BCUT2D eigenvalue weighted by Crippen LogP contribution is -2.58. The fraction of sp³-hybridized carbons (Fsp3) is 0.455. The van der Waals surface area contributed by atoms with Gasteiger partial charge in [-0.05, 0) is 24.7 Å². The molecule has 0 saturated carbocycles. The maximum atomic E-state index is 13.3. The number of aromatic nitrogens is 1. The van der Waals surface area contributed by atoms with Crippen molar-refractivity contribution in [2.45, 2.75) is 52.1 Å². The number of likely N-dealkylation sites (tertiary alicyclic amines) is 1. The number of thiazole rings is 1. The first-order chi connectivity index (χ1) is 15.1. The molecule has 0 aliphatic carbocycles. The van der Waals surface area contributed by atoms with E-state index in [-0.39, 0.29) is 10.7 Å². The van der Waals surface area contributed by atoms with Gasteiger partial charge in [0.05, 0.1) is 12.1 Å². The molecule has 1 unspecified atom stereocenters. The third-order valence-electron chi connectivity index (χ3n) is 5.43. The zero-order valence-corrected chi connectivity index (χ0v) is 19.2. The fourth-order valence-corrected chi connectivity index (χ4v) is 5.18. The predicted octanol–water partition coefficient (Wildman–Crippen LogP) is 3.98. The van der Waals surface area contributed by atoms with Gasteiger partial charge in [0, 0.05) is 12.1 Å². The average Bonchev–Trinajstić information content (AvgIpc) is 2.99. The van der Waals surface area contributed by atoms with Gasteiger partial charge >= 0.3 is 12.1 Å². The van der Waals surface area contributed by atoms with Gasteiger partial charge in [-0.2, -0.15) is 0 Å². The van der Waals surface area contributed by atoms with E-state index in [0.717, 1.165) is 29.7 Å². The number of amides is 4. The Morgan fingerprint density at radius 3 is 2.47 bits per heavy atom. The third kappa shape index (κ3) is 5.37. The van der Waals surface area contributed by atoms with Crippen LogP contribution in [0.25, 0.3) is 10.6 Å². The molecule has 1 aliphatic rings. The van der Waals surface area contributed by atoms with Crippen molar-refractivity contribution in [3.8, 4) is 10.6 Å². The van der Waals surface area contributed by atoms with E-state index >= 15 is 0 Å². The van der Waals surface area contributed by atoms with Crippen LogP contribution in [-0.2, 0) is 0 Å². The lowest BCUT2D eigenvalue weighted by molar-refractivity contribution is 0.0617. The summed E-state index contributed by atoms with van der Waals surface area (Å²) in [4.78, 5) is 42.6. The molecule has 1 saturated heterocycles. The molecule has 1 fully saturated rings. The number of nitrogens with one attached hydrogen (secondary N) is 2. The van der Waals surface area contributed by atoms with Crippen molar-refractivity contribution in [2.24, 2.45) is 11.1 Å². The second-order valence-electron chi connectivity index (χ2n) is 8.91. The van der Waals surface area contributed by atoms with E-state index in [0.29, 0.717) is 18.0 Å². The Morgan fingerprint density at radius 1 is 1.19 bits per heavy atom. The van der Waals surface area contributed by atoms with Crippen molar-refractivity contribution in [1.82, 2.24) is 15.2 Å². The molecule has 0 bridgehead atoms. The van der Waals surface area contributed by atoms with E-state index in [1.54, 1.807) is 0 Å². The first-order valence-electron chi connectivity index (χ1n) is 10.5. The molecule has 10 heteroatoms. The highest BCUT2D eigenvalue weighted by molar-refractivity contribution is 7.19. The summed E-state index contributed by atoms with van der Waals surface area (Å²) in [5.74, 6) is -0.473. The molecule has 172 valence electrons. The van der Waals surface area contributed by atoms with Crippen molar-refractivity contribution < 1.29 is 19.5 Å². The second-order valence-corrected chi connectivity index (χ2v) is 9.91. The van der Waals surface area contributed by atoms with Gasteiger partial charge in [0.2, 0.25) is 0 Å². The largest absolute Gasteiger partial charge is 0.465 e. The molecule has 2 aromatic rings. The molecule has 9 nitrogen and oxygen atoms in total. The molecule has 0 spiro atoms. The van der Waals surface area contributed by atoms with Crippen LogP contribution in [0, 0.1) is 5.41 Å². The van der Waals surface area contributed by atoms with E-state index in [1.165, 1.54) is 4.90 Å². The van der Waals surface area contributed by atoms with Crippen LogP contribution in [0.5, 0.6) is 0 Å². The normalized spacial score (nSPS) is 19.2. The highest BCUT2D eigenvalue weighted by Gasteiger charge is 2.41. The van der Waals surface area contributed by atoms with Crippen LogP contribution in [0.2, 0.25) is 0 Å². The molecule has 1 aliphatic heterocycles. The molecular formula is C22H29N5O4S. The number of hydrogen-bond acceptors (Lipinski definition) is 5. The Labute approximate surface area is 191 Å². The van der Waals surface area contributed by atoms with Gasteiger partial charge in [0.25, 0.3) is 5.91 Å². The quantitative estimate of drug-likeness (QED) is 0.548. The first kappa shape index (κ1) is 23.5. The number of urea groups is 1. The van der Waals surface area contributed by atoms with E-state index in [4.69, 9.17) is 5.73 Å². The summed E-state index contributed by atoms with van der Waals surface area (Å²) >= 11 is 1.16. The lowest BCUT2D eigenvalue weighted by Gasteiger charge is -2.42. The summed E-state index contributed by atoms with van der Waals surface area (Å²) in [6.45, 7) is 6.32. The maximum absolute atomic E-state index is 13.3. The molecule has 4 amide bonds. The smallest absolute Gasteiger partial charge is 0.407 e. The van der Waals surface area contributed by atoms with Crippen LogP contribution in [0.15, 0.2) is 30.3 Å². The number of nitrogens with zero attached hydrogens (tertiary/aromatic N) is 2. The van der Waals surface area contributed by atoms with Gasteiger partial charge < -0.3 is 21.1 Å². The minimum absolute atomic E-state index is 0.0615. The zero-order chi connectivity index (χ0) is 23.5. The fourth-order valence-electron chi connectivity index (χ4n) is 4.21. The molecule has 5 N–H and O–H groups in total. The molecule has 1 aromatic heterocycles. The lowest BCUT2D eigenvalue weighted by atomic mass is 9.80. The maximum Gasteiger partial charge on any atom is 0.407 e. The summed E-state index contributed by atoms with van der Waals surface area (Å²) < 4.78 is 0. The van der Waals surface area contributed by atoms with Gasteiger partial charge in [-0.15, -0.1) is 0 Å². The van der Waals surface area contributed by atoms with Crippen LogP contribution in [0.1, 0.15) is 50.5 Å². The van der Waals surface area contributed by atoms with Gasteiger partial charge in [0.1, 0.15) is 10.0 Å². The van der Waals surface area contributed by atoms with Crippen molar-refractivity contribution in [3.63, 3.8) is 0 Å². The number of nitrogens with two attached hydrogens (primary N) is 1. The van der Waals surface area contributed by atoms with E-state index in [9.17, 15) is 19.5 Å². The Balaban J connectivity index is 1.94. The van der Waals surface area contributed by atoms with E-state index in [1.807, 2.05) is 51.1 Å². The topological polar surface area (TPSA) is 138 Å². The van der Waals surface area contributed by atoms with Gasteiger partial charge in [-0.25, -0.2) is 14.6 Å². The van der Waals surface area contributed by atoms with Crippen LogP contribution in [-0.4, -0.2) is 51.7 Å². The molecule has 1 aromatic carbocycles. The summed E-state index contributed by atoms with van der Waals surface area (Å²) in [6, 6.07) is 7.72. The molecule has 32 heavy (non-hydrogen) atoms. The van der Waals surface area contributed by atoms with Gasteiger partial charge in [0.15, 0.2) is 5.69 Å². The summed E-state index contributed by atoms with van der Waals surface area (Å²) in [7, 11) is 0. The van der Waals surface area contributed by atoms with Crippen LogP contribution in [0.4, 0.5) is 14.6 Å². The Hall–Kier alpha value is -3.14. The zero-order valence-electron chi connectivity index (χ0n) is 18.4. The second kappa shape index (κ2) is 9.56. The molecular weight excluding hydrogens is 430 g/mol. The minimum atomic E-state index is -0.998. The van der Waals surface area contributed by atoms with Gasteiger partial charge in [-0.3, -0.25) is 10.1 Å². The number of benzene rings is 1. The number of primary amides is 1. The number of rotatable bonds is 4.